The van der Waals surface area contributed by atoms with Crippen molar-refractivity contribution < 1.29 is 13.2 Å². The molecule has 1 aromatic carbocycles. The molecule has 0 radical (unpaired) electrons. The van der Waals surface area contributed by atoms with Crippen molar-refractivity contribution in [3.8, 4) is 0 Å². The summed E-state index contributed by atoms with van der Waals surface area (Å²) in [7, 11) is -0.513. The molecule has 0 spiro atoms. The van der Waals surface area contributed by atoms with Crippen LogP contribution in [0.5, 0.6) is 0 Å². The Bertz CT molecular complexity index is 707. The number of benzene rings is 1. The molecule has 6 heteroatoms. The summed E-state index contributed by atoms with van der Waals surface area (Å²) in [4.78, 5) is 12.8. The number of aryl methyl sites for hydroxylation is 1. The van der Waals surface area contributed by atoms with Gasteiger partial charge < -0.3 is 5.32 Å². The van der Waals surface area contributed by atoms with Crippen LogP contribution in [0.2, 0.25) is 0 Å². The summed E-state index contributed by atoms with van der Waals surface area (Å²) in [6.07, 6.45) is 7.18. The SMILES string of the molecule is Cc1ccc(S(=O)(=O)N(C)C)cc1NC(=O)[C@H](C)CC1CCCCC1. The number of nitrogens with zero attached hydrogens (tertiary/aromatic N) is 1. The van der Waals surface area contributed by atoms with Gasteiger partial charge >= 0.3 is 0 Å². The second-order valence-corrected chi connectivity index (χ2v) is 9.55. The molecule has 140 valence electrons. The molecule has 5 nitrogen and oxygen atoms in total. The maximum atomic E-state index is 12.6. The highest BCUT2D eigenvalue weighted by Gasteiger charge is 2.22. The van der Waals surface area contributed by atoms with Crippen molar-refractivity contribution in [3.05, 3.63) is 23.8 Å². The number of carbonyl (C=O) groups excluding carboxylic acids is 1. The molecule has 1 aliphatic rings. The van der Waals surface area contributed by atoms with E-state index in [2.05, 4.69) is 5.32 Å². The largest absolute Gasteiger partial charge is 0.326 e. The summed E-state index contributed by atoms with van der Waals surface area (Å²) in [5.74, 6) is 0.528. The lowest BCUT2D eigenvalue weighted by Crippen LogP contribution is -2.25. The van der Waals surface area contributed by atoms with E-state index in [-0.39, 0.29) is 16.7 Å². The Labute approximate surface area is 151 Å². The van der Waals surface area contributed by atoms with Crippen LogP contribution >= 0.6 is 0 Å². The van der Waals surface area contributed by atoms with E-state index in [0.29, 0.717) is 11.6 Å². The van der Waals surface area contributed by atoms with Gasteiger partial charge in [-0.05, 0) is 37.0 Å². The van der Waals surface area contributed by atoms with Gasteiger partial charge in [0.2, 0.25) is 15.9 Å². The summed E-state index contributed by atoms with van der Waals surface area (Å²) < 4.78 is 25.8. The summed E-state index contributed by atoms with van der Waals surface area (Å²) in [5, 5.41) is 2.93. The first-order valence-electron chi connectivity index (χ1n) is 9.06. The minimum absolute atomic E-state index is 0.0342. The van der Waals surface area contributed by atoms with E-state index in [1.54, 1.807) is 18.2 Å². The fourth-order valence-electron chi connectivity index (χ4n) is 3.39. The normalized spacial score (nSPS) is 17.5. The van der Waals surface area contributed by atoms with Gasteiger partial charge in [-0.25, -0.2) is 12.7 Å². The van der Waals surface area contributed by atoms with Gasteiger partial charge in [0, 0.05) is 25.7 Å². The molecular formula is C19H30N2O3S. The Balaban J connectivity index is 2.09. The summed E-state index contributed by atoms with van der Waals surface area (Å²) in [6, 6.07) is 4.86. The van der Waals surface area contributed by atoms with Gasteiger partial charge in [0.05, 0.1) is 4.90 Å². The Morgan fingerprint density at radius 2 is 1.88 bits per heavy atom. The Hall–Kier alpha value is -1.40. The predicted octanol–water partition coefficient (Wildman–Crippen LogP) is 3.79. The highest BCUT2D eigenvalue weighted by atomic mass is 32.2. The molecule has 1 atom stereocenters. The van der Waals surface area contributed by atoms with Crippen LogP contribution in [0.3, 0.4) is 0 Å². The number of carbonyl (C=O) groups is 1. The zero-order valence-corrected chi connectivity index (χ0v) is 16.5. The van der Waals surface area contributed by atoms with Gasteiger partial charge in [-0.2, -0.15) is 0 Å². The summed E-state index contributed by atoms with van der Waals surface area (Å²) >= 11 is 0. The molecule has 1 amide bonds. The molecule has 1 aliphatic carbocycles. The molecule has 0 aromatic heterocycles. The Morgan fingerprint density at radius 1 is 1.24 bits per heavy atom. The third-order valence-corrected chi connectivity index (χ3v) is 6.92. The van der Waals surface area contributed by atoms with Crippen LogP contribution in [0.1, 0.15) is 51.0 Å². The van der Waals surface area contributed by atoms with Gasteiger partial charge in [-0.15, -0.1) is 0 Å². The fourth-order valence-corrected chi connectivity index (χ4v) is 4.32. The van der Waals surface area contributed by atoms with E-state index in [9.17, 15) is 13.2 Å². The topological polar surface area (TPSA) is 66.5 Å². The number of rotatable bonds is 6. The lowest BCUT2D eigenvalue weighted by Gasteiger charge is -2.24. The lowest BCUT2D eigenvalue weighted by molar-refractivity contribution is -0.120. The number of hydrogen-bond donors (Lipinski definition) is 1. The molecule has 1 aromatic rings. The Kier molecular flexibility index (Phi) is 6.63. The molecule has 0 heterocycles. The molecule has 25 heavy (non-hydrogen) atoms. The van der Waals surface area contributed by atoms with Gasteiger partial charge in [0.1, 0.15) is 0 Å². The van der Waals surface area contributed by atoms with Gasteiger partial charge in [-0.1, -0.05) is 45.1 Å². The summed E-state index contributed by atoms with van der Waals surface area (Å²) in [5.41, 5.74) is 1.43. The molecule has 2 rings (SSSR count). The predicted molar refractivity (Wildman–Crippen MR) is 101 cm³/mol. The van der Waals surface area contributed by atoms with E-state index in [1.165, 1.54) is 50.5 Å². The first-order valence-corrected chi connectivity index (χ1v) is 10.5. The minimum Gasteiger partial charge on any atom is -0.326 e. The molecular weight excluding hydrogens is 336 g/mol. The quantitative estimate of drug-likeness (QED) is 0.833. The molecule has 1 saturated carbocycles. The van der Waals surface area contributed by atoms with E-state index < -0.39 is 10.0 Å². The number of nitrogens with one attached hydrogen (secondary N) is 1. The van der Waals surface area contributed by atoms with Crippen LogP contribution in [-0.2, 0) is 14.8 Å². The van der Waals surface area contributed by atoms with E-state index in [0.717, 1.165) is 12.0 Å². The van der Waals surface area contributed by atoms with E-state index >= 15 is 0 Å². The lowest BCUT2D eigenvalue weighted by atomic mass is 9.83. The second kappa shape index (κ2) is 8.32. The van der Waals surface area contributed by atoms with Crippen molar-refractivity contribution in [3.63, 3.8) is 0 Å². The van der Waals surface area contributed by atoms with Crippen molar-refractivity contribution in [2.24, 2.45) is 11.8 Å². The highest BCUT2D eigenvalue weighted by Crippen LogP contribution is 2.30. The average Bonchev–Trinajstić information content (AvgIpc) is 2.57. The number of sulfonamides is 1. The van der Waals surface area contributed by atoms with E-state index in [1.807, 2.05) is 13.8 Å². The number of amides is 1. The van der Waals surface area contributed by atoms with Crippen molar-refractivity contribution in [1.29, 1.82) is 0 Å². The molecule has 0 aliphatic heterocycles. The third-order valence-electron chi connectivity index (χ3n) is 5.10. The van der Waals surface area contributed by atoms with Crippen LogP contribution < -0.4 is 5.32 Å². The van der Waals surface area contributed by atoms with Crippen LogP contribution in [0.4, 0.5) is 5.69 Å². The standard InChI is InChI=1S/C19H30N2O3S/c1-14-10-11-17(25(23,24)21(3)4)13-18(14)20-19(22)15(2)12-16-8-6-5-7-9-16/h10-11,13,15-16H,5-9,12H2,1-4H3,(H,20,22)/t15-/m1/s1. The molecule has 1 N–H and O–H groups in total. The van der Waals surface area contributed by atoms with Gasteiger partial charge in [0.15, 0.2) is 0 Å². The average molecular weight is 367 g/mol. The minimum atomic E-state index is -3.51. The van der Waals surface area contributed by atoms with Crippen molar-refractivity contribution in [2.75, 3.05) is 19.4 Å². The Morgan fingerprint density at radius 3 is 2.48 bits per heavy atom. The van der Waals surface area contributed by atoms with Gasteiger partial charge in [-0.3, -0.25) is 4.79 Å². The maximum Gasteiger partial charge on any atom is 0.242 e. The number of anilines is 1. The first kappa shape index (κ1) is 19.9. The molecule has 0 unspecified atom stereocenters. The zero-order chi connectivity index (χ0) is 18.6. The smallest absolute Gasteiger partial charge is 0.242 e. The van der Waals surface area contributed by atoms with Crippen LogP contribution in [0.15, 0.2) is 23.1 Å². The van der Waals surface area contributed by atoms with Crippen LogP contribution in [-0.4, -0.2) is 32.7 Å². The van der Waals surface area contributed by atoms with Crippen LogP contribution in [0.25, 0.3) is 0 Å². The summed E-state index contributed by atoms with van der Waals surface area (Å²) in [6.45, 7) is 3.83. The van der Waals surface area contributed by atoms with Crippen molar-refractivity contribution >= 4 is 21.6 Å². The van der Waals surface area contributed by atoms with Crippen molar-refractivity contribution in [1.82, 2.24) is 4.31 Å². The molecule has 1 fully saturated rings. The fraction of sp³-hybridized carbons (Fsp3) is 0.632. The first-order chi connectivity index (χ1) is 11.7. The van der Waals surface area contributed by atoms with E-state index in [4.69, 9.17) is 0 Å². The van der Waals surface area contributed by atoms with Gasteiger partial charge in [0.25, 0.3) is 0 Å². The maximum absolute atomic E-state index is 12.6. The zero-order valence-electron chi connectivity index (χ0n) is 15.7. The van der Waals surface area contributed by atoms with Crippen LogP contribution in [0, 0.1) is 18.8 Å². The number of hydrogen-bond acceptors (Lipinski definition) is 3. The molecule has 0 saturated heterocycles. The second-order valence-electron chi connectivity index (χ2n) is 7.39. The third kappa shape index (κ3) is 5.05. The monoisotopic (exact) mass is 366 g/mol. The highest BCUT2D eigenvalue weighted by molar-refractivity contribution is 7.89. The van der Waals surface area contributed by atoms with Crippen molar-refractivity contribution in [2.45, 2.75) is 57.3 Å². The molecule has 0 bridgehead atoms.